The fraction of sp³-hybridized carbons (Fsp3) is 0.455. The first-order chi connectivity index (χ1) is 6.20. The molecule has 0 aliphatic rings. The highest BCUT2D eigenvalue weighted by atomic mass is 79.9. The molecule has 0 aliphatic carbocycles. The Labute approximate surface area is 87.9 Å². The summed E-state index contributed by atoms with van der Waals surface area (Å²) in [6.45, 7) is 1.83. The lowest BCUT2D eigenvalue weighted by Gasteiger charge is -2.05. The largest absolute Gasteiger partial charge is 0.393 e. The van der Waals surface area contributed by atoms with Crippen LogP contribution in [0.15, 0.2) is 28.7 Å². The molecule has 1 nitrogen and oxygen atoms in total. The van der Waals surface area contributed by atoms with Crippen LogP contribution in [0, 0.1) is 0 Å². The van der Waals surface area contributed by atoms with Gasteiger partial charge in [-0.05, 0) is 37.8 Å². The van der Waals surface area contributed by atoms with Gasteiger partial charge < -0.3 is 5.11 Å². The van der Waals surface area contributed by atoms with Crippen molar-refractivity contribution in [1.29, 1.82) is 0 Å². The van der Waals surface area contributed by atoms with Crippen LogP contribution in [-0.4, -0.2) is 11.2 Å². The predicted octanol–water partition coefficient (Wildman–Crippen LogP) is 3.15. The standard InChI is InChI=1S/C11H15BrO/c1-9(13)5-4-7-10-6-2-3-8-11(10)12/h2-3,6,8-9,13H,4-5,7H2,1H3. The van der Waals surface area contributed by atoms with Gasteiger partial charge in [0, 0.05) is 4.47 Å². The molecule has 0 aliphatic heterocycles. The smallest absolute Gasteiger partial charge is 0.0512 e. The maximum atomic E-state index is 9.09. The Bertz CT molecular complexity index is 258. The number of aryl methyl sites for hydroxylation is 1. The lowest BCUT2D eigenvalue weighted by molar-refractivity contribution is 0.181. The minimum absolute atomic E-state index is 0.178. The predicted molar refractivity (Wildman–Crippen MR) is 58.8 cm³/mol. The van der Waals surface area contributed by atoms with E-state index < -0.39 is 0 Å². The molecule has 1 atom stereocenters. The van der Waals surface area contributed by atoms with E-state index in [0.29, 0.717) is 0 Å². The Morgan fingerprint density at radius 2 is 2.08 bits per heavy atom. The Balaban J connectivity index is 2.41. The van der Waals surface area contributed by atoms with Gasteiger partial charge in [0.25, 0.3) is 0 Å². The normalized spacial score (nSPS) is 12.8. The first-order valence-electron chi connectivity index (χ1n) is 4.61. The second-order valence-electron chi connectivity index (χ2n) is 3.33. The third kappa shape index (κ3) is 3.92. The van der Waals surface area contributed by atoms with Gasteiger partial charge in [-0.15, -0.1) is 0 Å². The van der Waals surface area contributed by atoms with Crippen molar-refractivity contribution in [2.24, 2.45) is 0 Å². The van der Waals surface area contributed by atoms with Crippen molar-refractivity contribution in [2.75, 3.05) is 0 Å². The molecule has 0 saturated heterocycles. The summed E-state index contributed by atoms with van der Waals surface area (Å²) in [5.41, 5.74) is 1.32. The topological polar surface area (TPSA) is 20.2 Å². The second kappa shape index (κ2) is 5.40. The van der Waals surface area contributed by atoms with Crippen molar-refractivity contribution in [1.82, 2.24) is 0 Å². The van der Waals surface area contributed by atoms with E-state index in [0.717, 1.165) is 19.3 Å². The summed E-state index contributed by atoms with van der Waals surface area (Å²) >= 11 is 3.50. The van der Waals surface area contributed by atoms with Crippen LogP contribution in [-0.2, 0) is 6.42 Å². The van der Waals surface area contributed by atoms with Crippen molar-refractivity contribution in [3.05, 3.63) is 34.3 Å². The van der Waals surface area contributed by atoms with E-state index in [1.54, 1.807) is 0 Å². The van der Waals surface area contributed by atoms with Crippen LogP contribution in [0.4, 0.5) is 0 Å². The van der Waals surface area contributed by atoms with Crippen molar-refractivity contribution >= 4 is 15.9 Å². The van der Waals surface area contributed by atoms with E-state index in [4.69, 9.17) is 5.11 Å². The zero-order chi connectivity index (χ0) is 9.68. The number of aliphatic hydroxyl groups excluding tert-OH is 1. The summed E-state index contributed by atoms with van der Waals surface area (Å²) in [5, 5.41) is 9.09. The lowest BCUT2D eigenvalue weighted by atomic mass is 10.1. The first-order valence-corrected chi connectivity index (χ1v) is 5.41. The van der Waals surface area contributed by atoms with Gasteiger partial charge in [-0.1, -0.05) is 34.1 Å². The molecule has 1 rings (SSSR count). The fourth-order valence-electron chi connectivity index (χ4n) is 1.29. The highest BCUT2D eigenvalue weighted by Gasteiger charge is 1.99. The minimum atomic E-state index is -0.178. The number of benzene rings is 1. The molecule has 1 N–H and O–H groups in total. The highest BCUT2D eigenvalue weighted by Crippen LogP contribution is 2.18. The molecule has 0 fully saturated rings. The summed E-state index contributed by atoms with van der Waals surface area (Å²) in [7, 11) is 0. The van der Waals surface area contributed by atoms with Gasteiger partial charge >= 0.3 is 0 Å². The first kappa shape index (κ1) is 10.7. The molecule has 1 aromatic rings. The molecule has 1 unspecified atom stereocenters. The number of halogens is 1. The van der Waals surface area contributed by atoms with Gasteiger partial charge in [0.1, 0.15) is 0 Å². The third-order valence-corrected chi connectivity index (χ3v) is 2.80. The molecule has 0 bridgehead atoms. The van der Waals surface area contributed by atoms with Crippen LogP contribution >= 0.6 is 15.9 Å². The van der Waals surface area contributed by atoms with E-state index in [1.165, 1.54) is 10.0 Å². The van der Waals surface area contributed by atoms with Crippen LogP contribution < -0.4 is 0 Å². The van der Waals surface area contributed by atoms with Gasteiger partial charge in [0.2, 0.25) is 0 Å². The minimum Gasteiger partial charge on any atom is -0.393 e. The van der Waals surface area contributed by atoms with Gasteiger partial charge in [-0.3, -0.25) is 0 Å². The Morgan fingerprint density at radius 1 is 1.38 bits per heavy atom. The van der Waals surface area contributed by atoms with E-state index in [-0.39, 0.29) is 6.10 Å². The molecule has 13 heavy (non-hydrogen) atoms. The molecule has 0 radical (unpaired) electrons. The molecule has 0 saturated carbocycles. The summed E-state index contributed by atoms with van der Waals surface area (Å²) in [6, 6.07) is 8.23. The number of aliphatic hydroxyl groups is 1. The van der Waals surface area contributed by atoms with E-state index in [1.807, 2.05) is 19.1 Å². The maximum Gasteiger partial charge on any atom is 0.0512 e. The second-order valence-corrected chi connectivity index (χ2v) is 4.19. The van der Waals surface area contributed by atoms with Crippen molar-refractivity contribution < 1.29 is 5.11 Å². The molecule has 1 aromatic carbocycles. The Hall–Kier alpha value is -0.340. The molecule has 0 spiro atoms. The van der Waals surface area contributed by atoms with E-state index in [2.05, 4.69) is 28.1 Å². The van der Waals surface area contributed by atoms with Gasteiger partial charge in [-0.2, -0.15) is 0 Å². The van der Waals surface area contributed by atoms with Gasteiger partial charge in [0.05, 0.1) is 6.10 Å². The van der Waals surface area contributed by atoms with Crippen LogP contribution in [0.1, 0.15) is 25.3 Å². The zero-order valence-corrected chi connectivity index (χ0v) is 9.42. The van der Waals surface area contributed by atoms with Crippen LogP contribution in [0.25, 0.3) is 0 Å². The number of hydrogen-bond acceptors (Lipinski definition) is 1. The van der Waals surface area contributed by atoms with Gasteiger partial charge in [-0.25, -0.2) is 0 Å². The average Bonchev–Trinajstić information content (AvgIpc) is 2.08. The molecular weight excluding hydrogens is 228 g/mol. The molecular formula is C11H15BrO. The van der Waals surface area contributed by atoms with E-state index in [9.17, 15) is 0 Å². The highest BCUT2D eigenvalue weighted by molar-refractivity contribution is 9.10. The molecule has 72 valence electrons. The lowest BCUT2D eigenvalue weighted by Crippen LogP contribution is -1.99. The van der Waals surface area contributed by atoms with Crippen LogP contribution in [0.2, 0.25) is 0 Å². The summed E-state index contributed by atoms with van der Waals surface area (Å²) in [6.07, 6.45) is 2.77. The monoisotopic (exact) mass is 242 g/mol. The van der Waals surface area contributed by atoms with Crippen LogP contribution in [0.5, 0.6) is 0 Å². The zero-order valence-electron chi connectivity index (χ0n) is 7.83. The third-order valence-electron chi connectivity index (χ3n) is 2.03. The summed E-state index contributed by atoms with van der Waals surface area (Å²) in [5.74, 6) is 0. The SMILES string of the molecule is CC(O)CCCc1ccccc1Br. The van der Waals surface area contributed by atoms with Crippen molar-refractivity contribution in [3.8, 4) is 0 Å². The van der Waals surface area contributed by atoms with Gasteiger partial charge in [0.15, 0.2) is 0 Å². The Kier molecular flexibility index (Phi) is 4.46. The molecule has 0 amide bonds. The van der Waals surface area contributed by atoms with Crippen LogP contribution in [0.3, 0.4) is 0 Å². The summed E-state index contributed by atoms with van der Waals surface area (Å²) < 4.78 is 1.17. The Morgan fingerprint density at radius 3 is 2.69 bits per heavy atom. The molecule has 0 heterocycles. The molecule has 0 aromatic heterocycles. The fourth-order valence-corrected chi connectivity index (χ4v) is 1.77. The van der Waals surface area contributed by atoms with E-state index >= 15 is 0 Å². The quantitative estimate of drug-likeness (QED) is 0.861. The molecule has 2 heteroatoms. The number of hydrogen-bond donors (Lipinski definition) is 1. The van der Waals surface area contributed by atoms with Crippen molar-refractivity contribution in [3.63, 3.8) is 0 Å². The van der Waals surface area contributed by atoms with Crippen molar-refractivity contribution in [2.45, 2.75) is 32.3 Å². The summed E-state index contributed by atoms with van der Waals surface area (Å²) in [4.78, 5) is 0. The maximum absolute atomic E-state index is 9.09. The number of rotatable bonds is 4. The average molecular weight is 243 g/mol.